The molecular formula is C16H22F3NO4S. The van der Waals surface area contributed by atoms with E-state index in [1.165, 1.54) is 22.6 Å². The van der Waals surface area contributed by atoms with Crippen molar-refractivity contribution in [2.24, 2.45) is 0 Å². The van der Waals surface area contributed by atoms with Crippen molar-refractivity contribution in [2.75, 3.05) is 20.3 Å². The van der Waals surface area contributed by atoms with Crippen molar-refractivity contribution in [3.8, 4) is 0 Å². The summed E-state index contributed by atoms with van der Waals surface area (Å²) in [6, 6.07) is 5.00. The Morgan fingerprint density at radius 3 is 2.68 bits per heavy atom. The minimum absolute atomic E-state index is 0.247. The number of rotatable bonds is 3. The first-order valence-electron chi connectivity index (χ1n) is 7.96. The molecule has 0 amide bonds. The number of carbonyl (C=O) groups is 1. The first-order valence-corrected chi connectivity index (χ1v) is 8.78. The minimum atomic E-state index is -5.08. The zero-order valence-electron chi connectivity index (χ0n) is 14.1. The van der Waals surface area contributed by atoms with Crippen molar-refractivity contribution < 1.29 is 32.5 Å². The normalized spacial score (nSPS) is 26.7. The smallest absolute Gasteiger partial charge is 0.475 e. The summed E-state index contributed by atoms with van der Waals surface area (Å²) in [5.41, 5.74) is 0. The predicted molar refractivity (Wildman–Crippen MR) is 86.7 cm³/mol. The lowest BCUT2D eigenvalue weighted by atomic mass is 10.0. The summed E-state index contributed by atoms with van der Waals surface area (Å²) in [6.45, 7) is 5.11. The highest BCUT2D eigenvalue weighted by atomic mass is 32.1. The van der Waals surface area contributed by atoms with Crippen LogP contribution in [0.1, 0.15) is 22.6 Å². The molecule has 25 heavy (non-hydrogen) atoms. The van der Waals surface area contributed by atoms with Crippen LogP contribution in [0.15, 0.2) is 12.1 Å². The van der Waals surface area contributed by atoms with Gasteiger partial charge >= 0.3 is 12.1 Å². The summed E-state index contributed by atoms with van der Waals surface area (Å²) in [5, 5.41) is 7.12. The molecule has 3 rings (SSSR count). The molecule has 2 saturated heterocycles. The lowest BCUT2D eigenvalue weighted by Gasteiger charge is -2.31. The second-order valence-corrected chi connectivity index (χ2v) is 7.44. The molecule has 2 aliphatic rings. The Bertz CT molecular complexity index is 578. The largest absolute Gasteiger partial charge is 0.490 e. The van der Waals surface area contributed by atoms with Crippen LogP contribution in [0.4, 0.5) is 13.2 Å². The zero-order valence-corrected chi connectivity index (χ0v) is 14.9. The van der Waals surface area contributed by atoms with Crippen molar-refractivity contribution in [1.82, 2.24) is 4.90 Å². The van der Waals surface area contributed by atoms with E-state index in [-0.39, 0.29) is 12.2 Å². The number of aryl methyl sites for hydroxylation is 1. The van der Waals surface area contributed by atoms with Gasteiger partial charge in [0.15, 0.2) is 0 Å². The Balaban J connectivity index is 0.000000277. The van der Waals surface area contributed by atoms with E-state index in [1.807, 2.05) is 11.3 Å². The molecule has 0 radical (unpaired) electrons. The highest BCUT2D eigenvalue weighted by Gasteiger charge is 2.44. The number of alkyl halides is 3. The van der Waals surface area contributed by atoms with Gasteiger partial charge in [-0.3, -0.25) is 4.90 Å². The first kappa shape index (κ1) is 20.2. The van der Waals surface area contributed by atoms with Crippen molar-refractivity contribution in [3.05, 3.63) is 21.9 Å². The van der Waals surface area contributed by atoms with Crippen LogP contribution in [0.25, 0.3) is 0 Å². The fourth-order valence-corrected chi connectivity index (χ4v) is 4.08. The molecule has 142 valence electrons. The fourth-order valence-electron chi connectivity index (χ4n) is 3.16. The van der Waals surface area contributed by atoms with Crippen LogP contribution in [0.2, 0.25) is 0 Å². The number of methoxy groups -OCH3 is 1. The van der Waals surface area contributed by atoms with Gasteiger partial charge in [0.25, 0.3) is 0 Å². The SMILES string of the molecule is CO[C@H]1CN(Cc2ccc(C)s2)[C@@H]2CCCO[C@H]12.O=C(O)C(F)(F)F. The highest BCUT2D eigenvalue weighted by Crippen LogP contribution is 2.32. The Morgan fingerprint density at radius 1 is 1.48 bits per heavy atom. The molecule has 0 unspecified atom stereocenters. The van der Waals surface area contributed by atoms with Gasteiger partial charge in [-0.25, -0.2) is 4.79 Å². The summed E-state index contributed by atoms with van der Waals surface area (Å²) in [5.74, 6) is -2.76. The van der Waals surface area contributed by atoms with Gasteiger partial charge in [-0.05, 0) is 31.9 Å². The number of aliphatic carboxylic acids is 1. The van der Waals surface area contributed by atoms with E-state index in [1.54, 1.807) is 7.11 Å². The molecule has 0 bridgehead atoms. The molecule has 0 spiro atoms. The van der Waals surface area contributed by atoms with Gasteiger partial charge in [-0.15, -0.1) is 11.3 Å². The molecule has 3 heterocycles. The van der Waals surface area contributed by atoms with E-state index in [2.05, 4.69) is 24.0 Å². The summed E-state index contributed by atoms with van der Waals surface area (Å²) >= 11 is 1.90. The minimum Gasteiger partial charge on any atom is -0.475 e. The zero-order chi connectivity index (χ0) is 18.6. The molecule has 1 aromatic rings. The van der Waals surface area contributed by atoms with Crippen LogP contribution in [0, 0.1) is 6.92 Å². The number of thiophene rings is 1. The number of ether oxygens (including phenoxy) is 2. The molecular weight excluding hydrogens is 359 g/mol. The summed E-state index contributed by atoms with van der Waals surface area (Å²) < 4.78 is 43.2. The summed E-state index contributed by atoms with van der Waals surface area (Å²) in [6.07, 6.45) is -2.13. The molecule has 1 aromatic heterocycles. The number of hydrogen-bond acceptors (Lipinski definition) is 5. The number of nitrogens with zero attached hydrogens (tertiary/aromatic N) is 1. The second kappa shape index (κ2) is 8.48. The van der Waals surface area contributed by atoms with Gasteiger partial charge in [0.05, 0.1) is 6.10 Å². The van der Waals surface area contributed by atoms with Crippen molar-refractivity contribution in [1.29, 1.82) is 0 Å². The molecule has 0 saturated carbocycles. The van der Waals surface area contributed by atoms with Crippen molar-refractivity contribution in [2.45, 2.75) is 50.7 Å². The standard InChI is InChI=1S/C14H21NO2S.C2HF3O2/c1-10-5-6-11(18-10)8-15-9-13(16-2)14-12(15)4-3-7-17-14;3-2(4,5)1(6)7/h5-6,12-14H,3-4,7-9H2,1-2H3;(H,6,7)/t12-,13+,14+;/m1./s1. The quantitative estimate of drug-likeness (QED) is 0.872. The van der Waals surface area contributed by atoms with Crippen LogP contribution >= 0.6 is 11.3 Å². The van der Waals surface area contributed by atoms with E-state index >= 15 is 0 Å². The number of carboxylic acids is 1. The molecule has 2 aliphatic heterocycles. The van der Waals surface area contributed by atoms with Gasteiger partial charge in [0, 0.05) is 42.6 Å². The summed E-state index contributed by atoms with van der Waals surface area (Å²) in [7, 11) is 1.80. The van der Waals surface area contributed by atoms with E-state index in [9.17, 15) is 13.2 Å². The molecule has 5 nitrogen and oxygen atoms in total. The molecule has 0 aliphatic carbocycles. The summed E-state index contributed by atoms with van der Waals surface area (Å²) in [4.78, 5) is 14.3. The van der Waals surface area contributed by atoms with Gasteiger partial charge in [0.1, 0.15) is 6.10 Å². The van der Waals surface area contributed by atoms with Crippen LogP contribution in [0.5, 0.6) is 0 Å². The van der Waals surface area contributed by atoms with E-state index < -0.39 is 12.1 Å². The third kappa shape index (κ3) is 5.40. The maximum absolute atomic E-state index is 10.6. The third-order valence-corrected chi connectivity index (χ3v) is 5.27. The van der Waals surface area contributed by atoms with Crippen molar-refractivity contribution in [3.63, 3.8) is 0 Å². The molecule has 1 N–H and O–H groups in total. The van der Waals surface area contributed by atoms with Gasteiger partial charge in [-0.1, -0.05) is 0 Å². The van der Waals surface area contributed by atoms with Gasteiger partial charge in [-0.2, -0.15) is 13.2 Å². The number of halogens is 3. The average molecular weight is 381 g/mol. The Labute approximate surface area is 148 Å². The van der Waals surface area contributed by atoms with E-state index in [0.717, 1.165) is 19.7 Å². The number of hydrogen-bond donors (Lipinski definition) is 1. The maximum atomic E-state index is 10.6. The van der Waals surface area contributed by atoms with E-state index in [0.29, 0.717) is 6.04 Å². The number of likely N-dealkylation sites (tertiary alicyclic amines) is 1. The average Bonchev–Trinajstić information content (AvgIpc) is 3.11. The van der Waals surface area contributed by atoms with Gasteiger partial charge in [0.2, 0.25) is 0 Å². The molecule has 3 atom stereocenters. The Hall–Kier alpha value is -1.16. The lowest BCUT2D eigenvalue weighted by molar-refractivity contribution is -0.192. The molecule has 2 fully saturated rings. The lowest BCUT2D eigenvalue weighted by Crippen LogP contribution is -2.41. The van der Waals surface area contributed by atoms with Crippen LogP contribution < -0.4 is 0 Å². The molecule has 9 heteroatoms. The second-order valence-electron chi connectivity index (χ2n) is 6.06. The van der Waals surface area contributed by atoms with Crippen LogP contribution in [-0.4, -0.2) is 60.7 Å². The topological polar surface area (TPSA) is 59.0 Å². The molecule has 0 aromatic carbocycles. The monoisotopic (exact) mass is 381 g/mol. The highest BCUT2D eigenvalue weighted by molar-refractivity contribution is 7.11. The number of carboxylic acid groups (broad SMARTS) is 1. The fraction of sp³-hybridized carbons (Fsp3) is 0.688. The van der Waals surface area contributed by atoms with Crippen LogP contribution in [-0.2, 0) is 20.8 Å². The van der Waals surface area contributed by atoms with Crippen LogP contribution in [0.3, 0.4) is 0 Å². The van der Waals surface area contributed by atoms with Gasteiger partial charge < -0.3 is 14.6 Å². The third-order valence-electron chi connectivity index (χ3n) is 4.28. The van der Waals surface area contributed by atoms with Crippen molar-refractivity contribution >= 4 is 17.3 Å². The first-order chi connectivity index (χ1) is 11.7. The Kier molecular flexibility index (Phi) is 6.84. The van der Waals surface area contributed by atoms with E-state index in [4.69, 9.17) is 19.4 Å². The number of fused-ring (bicyclic) bond motifs is 1. The Morgan fingerprint density at radius 2 is 2.16 bits per heavy atom. The predicted octanol–water partition coefficient (Wildman–Crippen LogP) is 3.07. The maximum Gasteiger partial charge on any atom is 0.490 e.